The summed E-state index contributed by atoms with van der Waals surface area (Å²) in [6.45, 7) is 3.11. The van der Waals surface area contributed by atoms with Gasteiger partial charge in [-0.2, -0.15) is 0 Å². The predicted octanol–water partition coefficient (Wildman–Crippen LogP) is -1.70. The smallest absolute Gasteiger partial charge is 0.773 e. The van der Waals surface area contributed by atoms with E-state index in [1.54, 1.807) is 0 Å². The van der Waals surface area contributed by atoms with E-state index in [-0.39, 0.29) is 25.5 Å². The van der Waals surface area contributed by atoms with Gasteiger partial charge in [-0.25, -0.2) is 0 Å². The third-order valence-corrected chi connectivity index (χ3v) is 2.69. The number of carbonyl (C=O) groups excluding carboxylic acids is 1. The molecule has 0 N–H and O–H groups in total. The normalized spacial score (nSPS) is 14.4. The second-order valence-corrected chi connectivity index (χ2v) is 4.44. The van der Waals surface area contributed by atoms with Gasteiger partial charge in [0.1, 0.15) is 0 Å². The second-order valence-electron chi connectivity index (χ2n) is 2.56. The van der Waals surface area contributed by atoms with Gasteiger partial charge in [-0.3, -0.25) is 4.79 Å². The molecule has 0 aromatic carbocycles. The molecular formula is C7H14LiO4P. The minimum atomic E-state index is -4.19. The summed E-state index contributed by atoms with van der Waals surface area (Å²) in [6, 6.07) is 0. The van der Waals surface area contributed by atoms with E-state index in [2.05, 4.69) is 4.52 Å². The summed E-state index contributed by atoms with van der Waals surface area (Å²) in [5.41, 5.74) is -0.904. The molecule has 0 heterocycles. The molecule has 0 aliphatic carbocycles. The summed E-state index contributed by atoms with van der Waals surface area (Å²) >= 11 is 0. The van der Waals surface area contributed by atoms with Crippen LogP contribution in [0, 0.1) is 0 Å². The average Bonchev–Trinajstić information content (AvgIpc) is 1.98. The van der Waals surface area contributed by atoms with E-state index in [0.717, 1.165) is 19.8 Å². The second kappa shape index (κ2) is 7.79. The molecule has 0 fully saturated rings. The van der Waals surface area contributed by atoms with Gasteiger partial charge in [-0.15, -0.1) is 0 Å². The van der Waals surface area contributed by atoms with Gasteiger partial charge in [-0.1, -0.05) is 19.8 Å². The zero-order valence-electron chi connectivity index (χ0n) is 8.41. The van der Waals surface area contributed by atoms with Crippen LogP contribution in [0.15, 0.2) is 0 Å². The fourth-order valence-corrected chi connectivity index (χ4v) is 1.18. The predicted molar refractivity (Wildman–Crippen MR) is 43.8 cm³/mol. The number of hydrogen-bond acceptors (Lipinski definition) is 4. The fourth-order valence-electron chi connectivity index (χ4n) is 0.628. The molecule has 0 rings (SSSR count). The minimum absolute atomic E-state index is 0. The molecule has 13 heavy (non-hydrogen) atoms. The Balaban J connectivity index is 0. The third-order valence-electron chi connectivity index (χ3n) is 1.39. The first-order chi connectivity index (χ1) is 5.50. The van der Waals surface area contributed by atoms with Crippen LogP contribution in [-0.4, -0.2) is 12.1 Å². The summed E-state index contributed by atoms with van der Waals surface area (Å²) < 4.78 is 15.2. The van der Waals surface area contributed by atoms with Crippen molar-refractivity contribution in [3.05, 3.63) is 0 Å². The SMILES string of the molecule is CCCCCOP(=O)([O-])C(C)=O.[Li+]. The van der Waals surface area contributed by atoms with Crippen molar-refractivity contribution in [1.29, 1.82) is 0 Å². The summed E-state index contributed by atoms with van der Waals surface area (Å²) in [5, 5.41) is 0. The van der Waals surface area contributed by atoms with Crippen LogP contribution in [0.2, 0.25) is 0 Å². The van der Waals surface area contributed by atoms with Gasteiger partial charge in [0.2, 0.25) is 5.52 Å². The molecule has 0 aliphatic rings. The van der Waals surface area contributed by atoms with Crippen molar-refractivity contribution in [3.63, 3.8) is 0 Å². The van der Waals surface area contributed by atoms with Crippen LogP contribution in [0.25, 0.3) is 0 Å². The van der Waals surface area contributed by atoms with Crippen molar-refractivity contribution in [2.75, 3.05) is 6.61 Å². The van der Waals surface area contributed by atoms with E-state index < -0.39 is 13.1 Å². The Morgan fingerprint density at radius 2 is 2.00 bits per heavy atom. The largest absolute Gasteiger partial charge is 1.00 e. The molecule has 1 atom stereocenters. The van der Waals surface area contributed by atoms with Gasteiger partial charge in [-0.05, 0) is 6.42 Å². The molecule has 0 bridgehead atoms. The van der Waals surface area contributed by atoms with Crippen LogP contribution < -0.4 is 23.8 Å². The maximum atomic E-state index is 10.7. The Labute approximate surface area is 90.8 Å². The standard InChI is InChI=1S/C7H15O4P.Li/c1-3-4-5-6-11-12(9,10)7(2)8;/h3-6H2,1-2H3,(H,9,10);/q;+1/p-1. The van der Waals surface area contributed by atoms with Crippen LogP contribution in [0.3, 0.4) is 0 Å². The summed E-state index contributed by atoms with van der Waals surface area (Å²) in [5.74, 6) is 0. The van der Waals surface area contributed by atoms with E-state index in [1.807, 2.05) is 6.92 Å². The molecule has 0 radical (unpaired) electrons. The first-order valence-electron chi connectivity index (χ1n) is 3.97. The van der Waals surface area contributed by atoms with Gasteiger partial charge < -0.3 is 14.0 Å². The maximum Gasteiger partial charge on any atom is 1.00 e. The van der Waals surface area contributed by atoms with E-state index >= 15 is 0 Å². The molecule has 1 unspecified atom stereocenters. The van der Waals surface area contributed by atoms with Gasteiger partial charge in [0.25, 0.3) is 0 Å². The topological polar surface area (TPSA) is 66.4 Å². The van der Waals surface area contributed by atoms with Crippen LogP contribution in [-0.2, 0) is 13.9 Å². The number of unbranched alkanes of at least 4 members (excludes halogenated alkanes) is 2. The average molecular weight is 200 g/mol. The maximum absolute atomic E-state index is 10.7. The monoisotopic (exact) mass is 200 g/mol. The van der Waals surface area contributed by atoms with Crippen molar-refractivity contribution < 1.29 is 37.6 Å². The zero-order valence-corrected chi connectivity index (χ0v) is 9.30. The Morgan fingerprint density at radius 1 is 1.46 bits per heavy atom. The molecule has 6 heteroatoms. The van der Waals surface area contributed by atoms with Crippen LogP contribution >= 0.6 is 7.60 Å². The zero-order chi connectivity index (χ0) is 9.61. The first kappa shape index (κ1) is 15.9. The van der Waals surface area contributed by atoms with E-state index in [1.165, 1.54) is 0 Å². The van der Waals surface area contributed by atoms with Crippen LogP contribution in [0.1, 0.15) is 33.1 Å². The number of hydrogen-bond donors (Lipinski definition) is 0. The molecule has 0 spiro atoms. The van der Waals surface area contributed by atoms with E-state index in [4.69, 9.17) is 0 Å². The molecule has 4 nitrogen and oxygen atoms in total. The van der Waals surface area contributed by atoms with Crippen molar-refractivity contribution in [2.24, 2.45) is 0 Å². The molecule has 0 amide bonds. The summed E-state index contributed by atoms with van der Waals surface area (Å²) in [7, 11) is -4.19. The molecular weight excluding hydrogens is 186 g/mol. The molecule has 72 valence electrons. The Hall–Kier alpha value is 0.417. The van der Waals surface area contributed by atoms with Gasteiger partial charge in [0.15, 0.2) is 7.60 Å². The van der Waals surface area contributed by atoms with Gasteiger partial charge in [0.05, 0.1) is 6.61 Å². The Morgan fingerprint density at radius 3 is 2.38 bits per heavy atom. The first-order valence-corrected chi connectivity index (χ1v) is 5.51. The van der Waals surface area contributed by atoms with Gasteiger partial charge in [0, 0.05) is 6.92 Å². The van der Waals surface area contributed by atoms with E-state index in [0.29, 0.717) is 6.42 Å². The number of rotatable bonds is 6. The quantitative estimate of drug-likeness (QED) is 0.291. The van der Waals surface area contributed by atoms with Gasteiger partial charge >= 0.3 is 18.9 Å². The van der Waals surface area contributed by atoms with Crippen molar-refractivity contribution >= 4 is 13.1 Å². The van der Waals surface area contributed by atoms with Crippen molar-refractivity contribution in [3.8, 4) is 0 Å². The third kappa shape index (κ3) is 7.49. The van der Waals surface area contributed by atoms with Crippen molar-refractivity contribution in [2.45, 2.75) is 33.1 Å². The van der Waals surface area contributed by atoms with Crippen molar-refractivity contribution in [1.82, 2.24) is 0 Å². The Kier molecular flexibility index (Phi) is 9.51. The minimum Gasteiger partial charge on any atom is -0.773 e. The summed E-state index contributed by atoms with van der Waals surface area (Å²) in [6.07, 6.45) is 2.58. The molecule has 0 saturated heterocycles. The fraction of sp³-hybridized carbons (Fsp3) is 0.857. The van der Waals surface area contributed by atoms with E-state index in [9.17, 15) is 14.3 Å². The number of carbonyl (C=O) groups is 1. The van der Waals surface area contributed by atoms with Crippen LogP contribution in [0.5, 0.6) is 0 Å². The Bertz CT molecular complexity index is 195. The van der Waals surface area contributed by atoms with Crippen LogP contribution in [0.4, 0.5) is 0 Å². The molecule has 0 aliphatic heterocycles. The summed E-state index contributed by atoms with van der Waals surface area (Å²) in [4.78, 5) is 21.2. The molecule has 0 saturated carbocycles. The molecule has 0 aromatic heterocycles. The molecule has 0 aromatic rings.